The molecule has 1 aliphatic carbocycles. The topological polar surface area (TPSA) is 39.9 Å². The number of fused-ring (bicyclic) bond motifs is 1. The lowest BCUT2D eigenvalue weighted by atomic mass is 10.1. The summed E-state index contributed by atoms with van der Waals surface area (Å²) in [5.74, 6) is 0.810. The molecule has 0 bridgehead atoms. The fourth-order valence-electron chi connectivity index (χ4n) is 2.95. The van der Waals surface area contributed by atoms with Gasteiger partial charge in [0.25, 0.3) is 0 Å². The molecule has 2 aliphatic rings. The van der Waals surface area contributed by atoms with Crippen molar-refractivity contribution in [3.05, 3.63) is 23.1 Å². The number of pyridine rings is 1. The van der Waals surface area contributed by atoms with Crippen LogP contribution in [0.5, 0.6) is 0 Å². The summed E-state index contributed by atoms with van der Waals surface area (Å²) in [7, 11) is 0. The first-order valence-electron chi connectivity index (χ1n) is 7.45. The molecule has 2 aromatic heterocycles. The zero-order chi connectivity index (χ0) is 13.5. The van der Waals surface area contributed by atoms with Crippen molar-refractivity contribution in [2.45, 2.75) is 44.8 Å². The highest BCUT2D eigenvalue weighted by Gasteiger charge is 2.26. The average Bonchev–Trinajstić information content (AvgIpc) is 3.22. The molecule has 2 aromatic rings. The smallest absolute Gasteiger partial charge is 0.150 e. The summed E-state index contributed by atoms with van der Waals surface area (Å²) in [5.41, 5.74) is 2.22. The molecule has 1 saturated heterocycles. The molecule has 0 spiro atoms. The number of rotatable bonds is 3. The van der Waals surface area contributed by atoms with Crippen LogP contribution in [0.2, 0.25) is 5.15 Å². The molecule has 0 amide bonds. The zero-order valence-corrected chi connectivity index (χ0v) is 12.1. The Morgan fingerprint density at radius 3 is 2.95 bits per heavy atom. The van der Waals surface area contributed by atoms with Crippen molar-refractivity contribution in [2.24, 2.45) is 5.92 Å². The van der Waals surface area contributed by atoms with Gasteiger partial charge in [0.05, 0.1) is 11.2 Å². The Balaban J connectivity index is 1.78. The van der Waals surface area contributed by atoms with Crippen LogP contribution in [0.25, 0.3) is 10.9 Å². The Hall–Kier alpha value is -1.13. The highest BCUT2D eigenvalue weighted by molar-refractivity contribution is 6.30. The molecule has 5 heteroatoms. The quantitative estimate of drug-likeness (QED) is 0.809. The van der Waals surface area contributed by atoms with Crippen LogP contribution in [0.15, 0.2) is 12.3 Å². The largest absolute Gasteiger partial charge is 0.356 e. The van der Waals surface area contributed by atoms with E-state index < -0.39 is 0 Å². The van der Waals surface area contributed by atoms with Gasteiger partial charge in [0.2, 0.25) is 0 Å². The highest BCUT2D eigenvalue weighted by Crippen LogP contribution is 2.35. The maximum absolute atomic E-state index is 6.06. The van der Waals surface area contributed by atoms with Gasteiger partial charge in [-0.15, -0.1) is 0 Å². The molecule has 0 radical (unpaired) electrons. The number of hydrogen-bond acceptors (Lipinski definition) is 3. The lowest BCUT2D eigenvalue weighted by Crippen LogP contribution is -2.19. The maximum Gasteiger partial charge on any atom is 0.150 e. The molecular formula is C15H18ClN3O. The molecule has 4 nitrogen and oxygen atoms in total. The van der Waals surface area contributed by atoms with E-state index in [1.807, 2.05) is 16.9 Å². The number of hydrogen-bond donors (Lipinski definition) is 0. The standard InChI is InChI=1S/C15H18ClN3O/c16-14-8-13-11(9-17-14)12(7-10-4-5-10)18-19(13)15-3-1-2-6-20-15/h8-10,15H,1-7H2. The molecule has 0 aromatic carbocycles. The molecule has 1 unspecified atom stereocenters. The van der Waals surface area contributed by atoms with E-state index in [4.69, 9.17) is 21.4 Å². The van der Waals surface area contributed by atoms with Crippen LogP contribution >= 0.6 is 11.6 Å². The van der Waals surface area contributed by atoms with Crippen molar-refractivity contribution in [2.75, 3.05) is 6.61 Å². The number of ether oxygens (including phenoxy) is 1. The number of nitrogens with zero attached hydrogens (tertiary/aromatic N) is 3. The van der Waals surface area contributed by atoms with Crippen LogP contribution in [0, 0.1) is 5.92 Å². The van der Waals surface area contributed by atoms with Crippen molar-refractivity contribution < 1.29 is 4.74 Å². The fourth-order valence-corrected chi connectivity index (χ4v) is 3.10. The van der Waals surface area contributed by atoms with Crippen LogP contribution < -0.4 is 0 Å². The third-order valence-electron chi connectivity index (χ3n) is 4.24. The molecule has 2 fully saturated rings. The molecule has 106 valence electrons. The summed E-state index contributed by atoms with van der Waals surface area (Å²) in [5, 5.41) is 6.48. The van der Waals surface area contributed by atoms with Gasteiger partial charge in [0, 0.05) is 24.3 Å². The van der Waals surface area contributed by atoms with Gasteiger partial charge in [-0.1, -0.05) is 11.6 Å². The first-order chi connectivity index (χ1) is 9.81. The van der Waals surface area contributed by atoms with Crippen LogP contribution in [0.4, 0.5) is 0 Å². The lowest BCUT2D eigenvalue weighted by molar-refractivity contribution is -0.0369. The molecule has 1 aliphatic heterocycles. The Morgan fingerprint density at radius 2 is 2.20 bits per heavy atom. The van der Waals surface area contributed by atoms with E-state index in [0.717, 1.165) is 48.4 Å². The van der Waals surface area contributed by atoms with Crippen LogP contribution in [-0.2, 0) is 11.2 Å². The van der Waals surface area contributed by atoms with E-state index in [2.05, 4.69) is 4.98 Å². The van der Waals surface area contributed by atoms with Crippen molar-refractivity contribution in [3.63, 3.8) is 0 Å². The number of aromatic nitrogens is 3. The van der Waals surface area contributed by atoms with Crippen LogP contribution in [0.3, 0.4) is 0 Å². The summed E-state index contributed by atoms with van der Waals surface area (Å²) >= 11 is 6.06. The van der Waals surface area contributed by atoms with Gasteiger partial charge >= 0.3 is 0 Å². The predicted octanol–water partition coefficient (Wildman–Crippen LogP) is 3.74. The lowest BCUT2D eigenvalue weighted by Gasteiger charge is -2.23. The number of halogens is 1. The van der Waals surface area contributed by atoms with E-state index in [9.17, 15) is 0 Å². The minimum Gasteiger partial charge on any atom is -0.356 e. The van der Waals surface area contributed by atoms with Crippen molar-refractivity contribution in [3.8, 4) is 0 Å². The highest BCUT2D eigenvalue weighted by atomic mass is 35.5. The summed E-state index contributed by atoms with van der Waals surface area (Å²) in [6.45, 7) is 0.822. The monoisotopic (exact) mass is 291 g/mol. The molecule has 1 atom stereocenters. The summed E-state index contributed by atoms with van der Waals surface area (Å²) in [6.07, 6.45) is 9.00. The summed E-state index contributed by atoms with van der Waals surface area (Å²) < 4.78 is 7.91. The van der Waals surface area contributed by atoms with E-state index >= 15 is 0 Å². The first-order valence-corrected chi connectivity index (χ1v) is 7.83. The van der Waals surface area contributed by atoms with Crippen LogP contribution in [-0.4, -0.2) is 21.4 Å². The van der Waals surface area contributed by atoms with E-state index in [0.29, 0.717) is 5.15 Å². The Labute approximate surface area is 123 Å². The van der Waals surface area contributed by atoms with Gasteiger partial charge in [0.1, 0.15) is 5.15 Å². The average molecular weight is 292 g/mol. The van der Waals surface area contributed by atoms with E-state index in [-0.39, 0.29) is 6.23 Å². The minimum atomic E-state index is 0.0534. The fraction of sp³-hybridized carbons (Fsp3) is 0.600. The molecular weight excluding hydrogens is 274 g/mol. The van der Waals surface area contributed by atoms with Crippen molar-refractivity contribution in [1.29, 1.82) is 0 Å². The summed E-state index contributed by atoms with van der Waals surface area (Å²) in [4.78, 5) is 4.23. The van der Waals surface area contributed by atoms with Gasteiger partial charge in [0.15, 0.2) is 6.23 Å². The Morgan fingerprint density at radius 1 is 1.30 bits per heavy atom. The minimum absolute atomic E-state index is 0.0534. The molecule has 20 heavy (non-hydrogen) atoms. The molecule has 1 saturated carbocycles. The maximum atomic E-state index is 6.06. The SMILES string of the molecule is Clc1cc2c(cn1)c(CC1CC1)nn2C1CCCCO1. The zero-order valence-electron chi connectivity index (χ0n) is 11.4. The normalized spacial score (nSPS) is 23.4. The molecule has 3 heterocycles. The van der Waals surface area contributed by atoms with Crippen LogP contribution in [0.1, 0.15) is 44.0 Å². The van der Waals surface area contributed by atoms with E-state index in [1.54, 1.807) is 0 Å². The van der Waals surface area contributed by atoms with E-state index in [1.165, 1.54) is 19.3 Å². The third kappa shape index (κ3) is 2.31. The predicted molar refractivity (Wildman–Crippen MR) is 77.8 cm³/mol. The second kappa shape index (κ2) is 5.01. The molecule has 4 rings (SSSR count). The van der Waals surface area contributed by atoms with Crippen molar-refractivity contribution >= 4 is 22.5 Å². The van der Waals surface area contributed by atoms with Gasteiger partial charge in [-0.25, -0.2) is 9.67 Å². The van der Waals surface area contributed by atoms with Gasteiger partial charge in [-0.05, 0) is 44.4 Å². The Kier molecular flexibility index (Phi) is 3.15. The second-order valence-corrected chi connectivity index (χ2v) is 6.27. The summed E-state index contributed by atoms with van der Waals surface area (Å²) in [6, 6.07) is 1.91. The third-order valence-corrected chi connectivity index (χ3v) is 4.45. The van der Waals surface area contributed by atoms with Gasteiger partial charge in [-0.3, -0.25) is 0 Å². The van der Waals surface area contributed by atoms with Gasteiger partial charge < -0.3 is 4.74 Å². The van der Waals surface area contributed by atoms with Gasteiger partial charge in [-0.2, -0.15) is 5.10 Å². The van der Waals surface area contributed by atoms with Crippen molar-refractivity contribution in [1.82, 2.24) is 14.8 Å². The molecule has 0 N–H and O–H groups in total. The first kappa shape index (κ1) is 12.6. The second-order valence-electron chi connectivity index (χ2n) is 5.88. The Bertz CT molecular complexity index is 629.